The normalized spacial score (nSPS) is 20.9. The standard InChI is InChI=1S/C13H23NO2/c1-4-5-6-7-12(14-2)13(15-3)8-10-16-11-9-13/h12,14H,6-11H2,1-3H3. The Labute approximate surface area is 98.9 Å². The van der Waals surface area contributed by atoms with Gasteiger partial charge in [0, 0.05) is 45.6 Å². The highest BCUT2D eigenvalue weighted by Crippen LogP contribution is 2.30. The van der Waals surface area contributed by atoms with E-state index in [4.69, 9.17) is 9.47 Å². The van der Waals surface area contributed by atoms with Crippen molar-refractivity contribution in [3.63, 3.8) is 0 Å². The van der Waals surface area contributed by atoms with Crippen LogP contribution in [0, 0.1) is 11.8 Å². The van der Waals surface area contributed by atoms with Crippen LogP contribution in [0.5, 0.6) is 0 Å². The highest BCUT2D eigenvalue weighted by Gasteiger charge is 2.39. The molecule has 3 nitrogen and oxygen atoms in total. The van der Waals surface area contributed by atoms with Gasteiger partial charge < -0.3 is 14.8 Å². The van der Waals surface area contributed by atoms with Gasteiger partial charge in [-0.2, -0.15) is 0 Å². The molecule has 1 aliphatic rings. The van der Waals surface area contributed by atoms with Crippen LogP contribution in [0.15, 0.2) is 0 Å². The lowest BCUT2D eigenvalue weighted by Crippen LogP contribution is -2.54. The van der Waals surface area contributed by atoms with E-state index in [1.54, 1.807) is 7.11 Å². The zero-order valence-corrected chi connectivity index (χ0v) is 10.6. The summed E-state index contributed by atoms with van der Waals surface area (Å²) < 4.78 is 11.2. The molecule has 16 heavy (non-hydrogen) atoms. The average Bonchev–Trinajstić information content (AvgIpc) is 2.35. The molecular weight excluding hydrogens is 202 g/mol. The largest absolute Gasteiger partial charge is 0.381 e. The topological polar surface area (TPSA) is 30.5 Å². The Morgan fingerprint density at radius 2 is 2.12 bits per heavy atom. The SMILES string of the molecule is CC#CCCC(NC)C1(OC)CCOCC1. The van der Waals surface area contributed by atoms with Gasteiger partial charge in [0.25, 0.3) is 0 Å². The molecule has 1 aliphatic heterocycles. The van der Waals surface area contributed by atoms with Gasteiger partial charge in [0.05, 0.1) is 5.60 Å². The van der Waals surface area contributed by atoms with Gasteiger partial charge in [-0.15, -0.1) is 11.8 Å². The molecule has 0 spiro atoms. The van der Waals surface area contributed by atoms with E-state index < -0.39 is 0 Å². The summed E-state index contributed by atoms with van der Waals surface area (Å²) in [5, 5.41) is 3.37. The molecule has 0 radical (unpaired) electrons. The van der Waals surface area contributed by atoms with E-state index in [9.17, 15) is 0 Å². The van der Waals surface area contributed by atoms with E-state index in [1.807, 2.05) is 14.0 Å². The van der Waals surface area contributed by atoms with Crippen molar-refractivity contribution in [1.82, 2.24) is 5.32 Å². The van der Waals surface area contributed by atoms with E-state index in [2.05, 4.69) is 17.2 Å². The van der Waals surface area contributed by atoms with E-state index in [1.165, 1.54) is 0 Å². The van der Waals surface area contributed by atoms with Gasteiger partial charge in [-0.3, -0.25) is 0 Å². The molecule has 0 amide bonds. The Balaban J connectivity index is 2.60. The van der Waals surface area contributed by atoms with Crippen molar-refractivity contribution in [1.29, 1.82) is 0 Å². The monoisotopic (exact) mass is 225 g/mol. The second kappa shape index (κ2) is 6.90. The fourth-order valence-corrected chi connectivity index (χ4v) is 2.42. The number of rotatable bonds is 5. The van der Waals surface area contributed by atoms with Crippen molar-refractivity contribution in [3.8, 4) is 11.8 Å². The minimum Gasteiger partial charge on any atom is -0.381 e. The number of hydrogen-bond donors (Lipinski definition) is 1. The minimum atomic E-state index is -0.0670. The summed E-state index contributed by atoms with van der Waals surface area (Å²) in [5.41, 5.74) is -0.0670. The van der Waals surface area contributed by atoms with E-state index >= 15 is 0 Å². The van der Waals surface area contributed by atoms with Crippen molar-refractivity contribution < 1.29 is 9.47 Å². The molecule has 0 aliphatic carbocycles. The molecule has 1 unspecified atom stereocenters. The van der Waals surface area contributed by atoms with Crippen LogP contribution in [0.25, 0.3) is 0 Å². The Hall–Kier alpha value is -0.560. The molecular formula is C13H23NO2. The number of hydrogen-bond acceptors (Lipinski definition) is 3. The van der Waals surface area contributed by atoms with Crippen LogP contribution in [-0.4, -0.2) is 39.0 Å². The Morgan fingerprint density at radius 3 is 2.62 bits per heavy atom. The minimum absolute atomic E-state index is 0.0670. The van der Waals surface area contributed by atoms with Crippen molar-refractivity contribution in [3.05, 3.63) is 0 Å². The van der Waals surface area contributed by atoms with Crippen molar-refractivity contribution in [2.24, 2.45) is 0 Å². The van der Waals surface area contributed by atoms with E-state index in [0.717, 1.165) is 38.9 Å². The van der Waals surface area contributed by atoms with Gasteiger partial charge in [0.15, 0.2) is 0 Å². The summed E-state index contributed by atoms with van der Waals surface area (Å²) in [6.07, 6.45) is 3.89. The van der Waals surface area contributed by atoms with Crippen molar-refractivity contribution in [2.75, 3.05) is 27.4 Å². The van der Waals surface area contributed by atoms with Crippen LogP contribution >= 0.6 is 0 Å². The summed E-state index contributed by atoms with van der Waals surface area (Å²) in [7, 11) is 3.81. The third-order valence-corrected chi connectivity index (χ3v) is 3.46. The fraction of sp³-hybridized carbons (Fsp3) is 0.846. The lowest BCUT2D eigenvalue weighted by atomic mass is 9.83. The first-order chi connectivity index (χ1) is 7.79. The molecule has 0 aromatic carbocycles. The smallest absolute Gasteiger partial charge is 0.0874 e. The molecule has 3 heteroatoms. The highest BCUT2D eigenvalue weighted by atomic mass is 16.5. The second-order valence-corrected chi connectivity index (χ2v) is 4.19. The molecule has 1 atom stereocenters. The number of likely N-dealkylation sites (N-methyl/N-ethyl adjacent to an activating group) is 1. The highest BCUT2D eigenvalue weighted by molar-refractivity contribution is 5.00. The van der Waals surface area contributed by atoms with E-state index in [0.29, 0.717) is 6.04 Å². The summed E-state index contributed by atoms with van der Waals surface area (Å²) in [5.74, 6) is 6.05. The zero-order valence-electron chi connectivity index (χ0n) is 10.6. The number of nitrogens with one attached hydrogen (secondary N) is 1. The maximum absolute atomic E-state index is 5.77. The quantitative estimate of drug-likeness (QED) is 0.721. The van der Waals surface area contributed by atoms with Crippen LogP contribution < -0.4 is 5.32 Å². The lowest BCUT2D eigenvalue weighted by molar-refractivity contribution is -0.110. The predicted molar refractivity (Wildman–Crippen MR) is 65.3 cm³/mol. The van der Waals surface area contributed by atoms with Crippen LogP contribution in [-0.2, 0) is 9.47 Å². The van der Waals surface area contributed by atoms with Crippen molar-refractivity contribution >= 4 is 0 Å². The molecule has 0 aromatic heterocycles. The first kappa shape index (κ1) is 13.5. The maximum Gasteiger partial charge on any atom is 0.0874 e. The first-order valence-electron chi connectivity index (χ1n) is 5.99. The summed E-state index contributed by atoms with van der Waals surface area (Å²) in [6.45, 7) is 3.48. The molecule has 92 valence electrons. The van der Waals surface area contributed by atoms with Gasteiger partial charge >= 0.3 is 0 Å². The van der Waals surface area contributed by atoms with Gasteiger partial charge in [-0.05, 0) is 20.4 Å². The summed E-state index contributed by atoms with van der Waals surface area (Å²) >= 11 is 0. The van der Waals surface area contributed by atoms with Gasteiger partial charge in [0.1, 0.15) is 0 Å². The number of methoxy groups -OCH3 is 1. The van der Waals surface area contributed by atoms with E-state index in [-0.39, 0.29) is 5.60 Å². The molecule has 1 N–H and O–H groups in total. The average molecular weight is 225 g/mol. The predicted octanol–water partition coefficient (Wildman–Crippen LogP) is 1.57. The lowest BCUT2D eigenvalue weighted by Gasteiger charge is -2.42. The molecule has 1 fully saturated rings. The molecule has 0 saturated carbocycles. The third kappa shape index (κ3) is 3.21. The third-order valence-electron chi connectivity index (χ3n) is 3.46. The summed E-state index contributed by atoms with van der Waals surface area (Å²) in [4.78, 5) is 0. The second-order valence-electron chi connectivity index (χ2n) is 4.19. The molecule has 1 heterocycles. The van der Waals surface area contributed by atoms with Gasteiger partial charge in [0.2, 0.25) is 0 Å². The van der Waals surface area contributed by atoms with Crippen molar-refractivity contribution in [2.45, 2.75) is 44.2 Å². The Bertz CT molecular complexity index is 248. The fourth-order valence-electron chi connectivity index (χ4n) is 2.42. The van der Waals surface area contributed by atoms with Crippen LogP contribution in [0.3, 0.4) is 0 Å². The zero-order chi connectivity index (χ0) is 11.9. The maximum atomic E-state index is 5.77. The van der Waals surface area contributed by atoms with Gasteiger partial charge in [-0.1, -0.05) is 0 Å². The van der Waals surface area contributed by atoms with Crippen LogP contribution in [0.4, 0.5) is 0 Å². The summed E-state index contributed by atoms with van der Waals surface area (Å²) in [6, 6.07) is 0.363. The molecule has 0 aromatic rings. The van der Waals surface area contributed by atoms with Crippen LogP contribution in [0.2, 0.25) is 0 Å². The van der Waals surface area contributed by atoms with Gasteiger partial charge in [-0.25, -0.2) is 0 Å². The Kier molecular flexibility index (Phi) is 5.83. The molecule has 1 rings (SSSR count). The molecule has 1 saturated heterocycles. The van der Waals surface area contributed by atoms with Crippen LogP contribution in [0.1, 0.15) is 32.6 Å². The molecule has 0 bridgehead atoms. The first-order valence-corrected chi connectivity index (χ1v) is 5.99. The number of ether oxygens (including phenoxy) is 2. The Morgan fingerprint density at radius 1 is 1.44 bits per heavy atom.